The van der Waals surface area contributed by atoms with Crippen molar-refractivity contribution in [1.82, 2.24) is 4.72 Å². The molecule has 0 amide bonds. The van der Waals surface area contributed by atoms with Crippen LogP contribution in [0.1, 0.15) is 5.56 Å². The maximum absolute atomic E-state index is 11.4. The first kappa shape index (κ1) is 11.2. The van der Waals surface area contributed by atoms with Crippen LogP contribution >= 0.6 is 15.9 Å². The van der Waals surface area contributed by atoms with Crippen molar-refractivity contribution >= 4 is 26.0 Å². The zero-order chi connectivity index (χ0) is 10.8. The first-order valence-electron chi connectivity index (χ1n) is 3.64. The molecular formula is C8H7BrN2O2S. The molecule has 1 aromatic carbocycles. The van der Waals surface area contributed by atoms with Crippen molar-refractivity contribution in [2.45, 2.75) is 4.90 Å². The SMILES string of the molecule is CNS(=O)(=O)c1cc(Br)ccc1C#N. The van der Waals surface area contributed by atoms with Gasteiger partial charge in [-0.3, -0.25) is 0 Å². The topological polar surface area (TPSA) is 70.0 Å². The predicted molar refractivity (Wildman–Crippen MR) is 55.1 cm³/mol. The van der Waals surface area contributed by atoms with Gasteiger partial charge in [0.2, 0.25) is 10.0 Å². The van der Waals surface area contributed by atoms with Gasteiger partial charge in [-0.25, -0.2) is 13.1 Å². The van der Waals surface area contributed by atoms with E-state index in [1.807, 2.05) is 6.07 Å². The van der Waals surface area contributed by atoms with Crippen molar-refractivity contribution in [3.8, 4) is 6.07 Å². The van der Waals surface area contributed by atoms with Gasteiger partial charge in [-0.05, 0) is 25.2 Å². The molecule has 0 bridgehead atoms. The van der Waals surface area contributed by atoms with Gasteiger partial charge in [-0.1, -0.05) is 15.9 Å². The van der Waals surface area contributed by atoms with Crippen molar-refractivity contribution in [1.29, 1.82) is 5.26 Å². The van der Waals surface area contributed by atoms with Crippen molar-refractivity contribution in [2.75, 3.05) is 7.05 Å². The van der Waals surface area contributed by atoms with E-state index < -0.39 is 10.0 Å². The van der Waals surface area contributed by atoms with E-state index >= 15 is 0 Å². The summed E-state index contributed by atoms with van der Waals surface area (Å²) >= 11 is 3.15. The molecule has 0 unspecified atom stereocenters. The highest BCUT2D eigenvalue weighted by molar-refractivity contribution is 9.10. The van der Waals surface area contributed by atoms with Gasteiger partial charge in [-0.15, -0.1) is 0 Å². The Kier molecular flexibility index (Phi) is 3.26. The third-order valence-corrected chi connectivity index (χ3v) is 3.57. The molecule has 0 aliphatic heterocycles. The van der Waals surface area contributed by atoms with Crippen LogP contribution in [0.2, 0.25) is 0 Å². The molecule has 0 heterocycles. The van der Waals surface area contributed by atoms with Crippen molar-refractivity contribution in [3.63, 3.8) is 0 Å². The number of nitrogens with zero attached hydrogens (tertiary/aromatic N) is 1. The number of rotatable bonds is 2. The summed E-state index contributed by atoms with van der Waals surface area (Å²) in [5.41, 5.74) is 0.127. The molecule has 0 saturated heterocycles. The third-order valence-electron chi connectivity index (χ3n) is 1.62. The molecule has 74 valence electrons. The average molecular weight is 275 g/mol. The van der Waals surface area contributed by atoms with E-state index in [-0.39, 0.29) is 10.5 Å². The summed E-state index contributed by atoms with van der Waals surface area (Å²) < 4.78 is 25.7. The maximum Gasteiger partial charge on any atom is 0.241 e. The predicted octanol–water partition coefficient (Wildman–Crippen LogP) is 1.23. The normalized spacial score (nSPS) is 10.9. The fourth-order valence-corrected chi connectivity index (χ4v) is 2.34. The van der Waals surface area contributed by atoms with Crippen LogP contribution in [0.4, 0.5) is 0 Å². The van der Waals surface area contributed by atoms with E-state index in [0.717, 1.165) is 0 Å². The molecule has 6 heteroatoms. The van der Waals surface area contributed by atoms with Crippen LogP contribution in [0.25, 0.3) is 0 Å². The van der Waals surface area contributed by atoms with E-state index in [4.69, 9.17) is 5.26 Å². The highest BCUT2D eigenvalue weighted by Crippen LogP contribution is 2.20. The Morgan fingerprint density at radius 3 is 2.64 bits per heavy atom. The Morgan fingerprint density at radius 1 is 1.50 bits per heavy atom. The molecule has 1 aromatic rings. The number of nitrogens with one attached hydrogen (secondary N) is 1. The monoisotopic (exact) mass is 274 g/mol. The molecule has 14 heavy (non-hydrogen) atoms. The lowest BCUT2D eigenvalue weighted by molar-refractivity contribution is 0.588. The molecule has 0 fully saturated rings. The van der Waals surface area contributed by atoms with Gasteiger partial charge in [0.15, 0.2) is 0 Å². The Morgan fingerprint density at radius 2 is 2.14 bits per heavy atom. The number of hydrogen-bond donors (Lipinski definition) is 1. The summed E-state index contributed by atoms with van der Waals surface area (Å²) in [6, 6.07) is 6.29. The van der Waals surface area contributed by atoms with Gasteiger partial charge in [0.05, 0.1) is 5.56 Å². The summed E-state index contributed by atoms with van der Waals surface area (Å²) in [5.74, 6) is 0. The second kappa shape index (κ2) is 4.09. The summed E-state index contributed by atoms with van der Waals surface area (Å²) in [7, 11) is -2.26. The minimum atomic E-state index is -3.57. The Bertz CT molecular complexity index is 491. The zero-order valence-electron chi connectivity index (χ0n) is 7.28. The second-order valence-corrected chi connectivity index (χ2v) is 5.23. The molecule has 1 N–H and O–H groups in total. The largest absolute Gasteiger partial charge is 0.241 e. The van der Waals surface area contributed by atoms with Crippen molar-refractivity contribution in [3.05, 3.63) is 28.2 Å². The first-order valence-corrected chi connectivity index (χ1v) is 5.92. The summed E-state index contributed by atoms with van der Waals surface area (Å²) in [6.07, 6.45) is 0. The van der Waals surface area contributed by atoms with Crippen LogP contribution in [0, 0.1) is 11.3 Å². The van der Waals surface area contributed by atoms with E-state index in [2.05, 4.69) is 20.7 Å². The lowest BCUT2D eigenvalue weighted by Crippen LogP contribution is -2.19. The Hall–Kier alpha value is -0.900. The minimum absolute atomic E-state index is 0.0168. The Balaban J connectivity index is 3.49. The average Bonchev–Trinajstić information content (AvgIpc) is 2.18. The number of hydrogen-bond acceptors (Lipinski definition) is 3. The smallest absolute Gasteiger partial charge is 0.214 e. The number of nitriles is 1. The maximum atomic E-state index is 11.4. The van der Waals surface area contributed by atoms with Gasteiger partial charge in [0.25, 0.3) is 0 Å². The third kappa shape index (κ3) is 2.12. The minimum Gasteiger partial charge on any atom is -0.214 e. The summed E-state index contributed by atoms with van der Waals surface area (Å²) in [5, 5.41) is 8.71. The van der Waals surface area contributed by atoms with Gasteiger partial charge in [0, 0.05) is 4.47 Å². The molecule has 0 aliphatic carbocycles. The van der Waals surface area contributed by atoms with Crippen LogP contribution in [0.5, 0.6) is 0 Å². The van der Waals surface area contributed by atoms with Crippen LogP contribution in [-0.2, 0) is 10.0 Å². The van der Waals surface area contributed by atoms with Gasteiger partial charge in [-0.2, -0.15) is 5.26 Å². The van der Waals surface area contributed by atoms with Crippen LogP contribution in [0.15, 0.2) is 27.6 Å². The standard InChI is InChI=1S/C8H7BrN2O2S/c1-11-14(12,13)8-4-7(9)3-2-6(8)5-10/h2-4,11H,1H3. The highest BCUT2D eigenvalue weighted by Gasteiger charge is 2.16. The van der Waals surface area contributed by atoms with Gasteiger partial charge < -0.3 is 0 Å². The van der Waals surface area contributed by atoms with E-state index in [9.17, 15) is 8.42 Å². The second-order valence-electron chi connectivity index (χ2n) is 2.46. The zero-order valence-corrected chi connectivity index (χ0v) is 9.68. The quantitative estimate of drug-likeness (QED) is 0.882. The molecule has 0 spiro atoms. The van der Waals surface area contributed by atoms with E-state index in [1.165, 1.54) is 19.2 Å². The van der Waals surface area contributed by atoms with Crippen molar-refractivity contribution in [2.24, 2.45) is 0 Å². The van der Waals surface area contributed by atoms with Crippen molar-refractivity contribution < 1.29 is 8.42 Å². The molecule has 4 nitrogen and oxygen atoms in total. The highest BCUT2D eigenvalue weighted by atomic mass is 79.9. The van der Waals surface area contributed by atoms with E-state index in [1.54, 1.807) is 6.07 Å². The van der Waals surface area contributed by atoms with Gasteiger partial charge in [0.1, 0.15) is 11.0 Å². The lowest BCUT2D eigenvalue weighted by atomic mass is 10.2. The Labute approximate surface area is 90.7 Å². The number of halogens is 1. The number of benzene rings is 1. The molecule has 0 atom stereocenters. The first-order chi connectivity index (χ1) is 6.51. The van der Waals surface area contributed by atoms with Crippen LogP contribution in [-0.4, -0.2) is 15.5 Å². The molecule has 0 aliphatic rings. The summed E-state index contributed by atoms with van der Waals surface area (Å²) in [4.78, 5) is -0.0168. The summed E-state index contributed by atoms with van der Waals surface area (Å²) in [6.45, 7) is 0. The molecule has 0 radical (unpaired) electrons. The molecule has 0 saturated carbocycles. The fraction of sp³-hybridized carbons (Fsp3) is 0.125. The molecule has 0 aromatic heterocycles. The van der Waals surface area contributed by atoms with Crippen LogP contribution < -0.4 is 4.72 Å². The molecule has 1 rings (SSSR count). The molecular weight excluding hydrogens is 268 g/mol. The van der Waals surface area contributed by atoms with Gasteiger partial charge >= 0.3 is 0 Å². The number of sulfonamides is 1. The fourth-order valence-electron chi connectivity index (χ4n) is 0.921. The van der Waals surface area contributed by atoms with E-state index in [0.29, 0.717) is 4.47 Å². The lowest BCUT2D eigenvalue weighted by Gasteiger charge is -2.04. The van der Waals surface area contributed by atoms with Crippen LogP contribution in [0.3, 0.4) is 0 Å².